The first-order chi connectivity index (χ1) is 13.0. The highest BCUT2D eigenvalue weighted by atomic mass is 16.3. The van der Waals surface area contributed by atoms with E-state index >= 15 is 0 Å². The van der Waals surface area contributed by atoms with Gasteiger partial charge in [0, 0.05) is 24.5 Å². The van der Waals surface area contributed by atoms with Crippen molar-refractivity contribution in [3.05, 3.63) is 65.0 Å². The number of pyridine rings is 1. The lowest BCUT2D eigenvalue weighted by Gasteiger charge is -2.25. The Labute approximate surface area is 157 Å². The fourth-order valence-corrected chi connectivity index (χ4v) is 3.90. The van der Waals surface area contributed by atoms with E-state index in [1.807, 2.05) is 38.1 Å². The molecule has 0 aliphatic carbocycles. The Hall–Kier alpha value is -3.34. The SMILES string of the molecule is Cc1ccc(O)c(C)c1-c1cc(-c2ccncc2)c2c(c1N)C(=O)NCC2. The second-order valence-electron chi connectivity index (χ2n) is 6.88. The van der Waals surface area contributed by atoms with E-state index in [1.54, 1.807) is 18.5 Å². The minimum absolute atomic E-state index is 0.152. The van der Waals surface area contributed by atoms with Crippen LogP contribution >= 0.6 is 0 Å². The molecule has 5 nitrogen and oxygen atoms in total. The van der Waals surface area contributed by atoms with Gasteiger partial charge in [0.1, 0.15) is 5.75 Å². The number of nitrogens with one attached hydrogen (secondary N) is 1. The predicted octanol–water partition coefficient (Wildman–Crippen LogP) is 3.61. The van der Waals surface area contributed by atoms with Crippen LogP contribution in [0.4, 0.5) is 5.69 Å². The Morgan fingerprint density at radius 2 is 1.81 bits per heavy atom. The van der Waals surface area contributed by atoms with Gasteiger partial charge in [-0.15, -0.1) is 0 Å². The molecule has 0 saturated heterocycles. The maximum absolute atomic E-state index is 12.7. The van der Waals surface area contributed by atoms with Crippen LogP contribution in [0.3, 0.4) is 0 Å². The molecule has 1 aliphatic rings. The summed E-state index contributed by atoms with van der Waals surface area (Å²) in [6, 6.07) is 9.45. The van der Waals surface area contributed by atoms with Crippen LogP contribution in [-0.4, -0.2) is 22.5 Å². The Morgan fingerprint density at radius 3 is 2.56 bits per heavy atom. The van der Waals surface area contributed by atoms with Crippen molar-refractivity contribution in [2.45, 2.75) is 20.3 Å². The molecule has 0 radical (unpaired) electrons. The lowest BCUT2D eigenvalue weighted by Crippen LogP contribution is -2.33. The number of amides is 1. The number of hydrogen-bond donors (Lipinski definition) is 3. The van der Waals surface area contributed by atoms with Crippen molar-refractivity contribution in [2.75, 3.05) is 12.3 Å². The van der Waals surface area contributed by atoms with Crippen molar-refractivity contribution < 1.29 is 9.90 Å². The summed E-state index contributed by atoms with van der Waals surface area (Å²) in [4.78, 5) is 16.8. The molecule has 0 saturated carbocycles. The van der Waals surface area contributed by atoms with Gasteiger partial charge in [0.05, 0.1) is 11.3 Å². The molecule has 1 aliphatic heterocycles. The molecule has 2 aromatic carbocycles. The topological polar surface area (TPSA) is 88.2 Å². The van der Waals surface area contributed by atoms with E-state index in [0.717, 1.165) is 45.4 Å². The summed E-state index contributed by atoms with van der Waals surface area (Å²) in [5.74, 6) is 0.0593. The number of benzene rings is 2. The number of nitrogen functional groups attached to an aromatic ring is 1. The van der Waals surface area contributed by atoms with Crippen molar-refractivity contribution in [3.8, 4) is 28.0 Å². The molecule has 136 valence electrons. The second kappa shape index (κ2) is 6.43. The zero-order valence-corrected chi connectivity index (χ0v) is 15.3. The Kier molecular flexibility index (Phi) is 4.07. The van der Waals surface area contributed by atoms with Crippen LogP contribution in [0.5, 0.6) is 5.75 Å². The normalized spacial score (nSPS) is 13.2. The number of hydrogen-bond acceptors (Lipinski definition) is 4. The van der Waals surface area contributed by atoms with Crippen LogP contribution in [0.1, 0.15) is 27.0 Å². The first-order valence-electron chi connectivity index (χ1n) is 8.92. The van der Waals surface area contributed by atoms with Crippen LogP contribution in [0.2, 0.25) is 0 Å². The summed E-state index contributed by atoms with van der Waals surface area (Å²) in [6.45, 7) is 4.43. The second-order valence-corrected chi connectivity index (χ2v) is 6.88. The molecular weight excluding hydrogens is 338 g/mol. The third-order valence-corrected chi connectivity index (χ3v) is 5.27. The van der Waals surface area contributed by atoms with Crippen molar-refractivity contribution in [3.63, 3.8) is 0 Å². The Balaban J connectivity index is 2.09. The van der Waals surface area contributed by atoms with Gasteiger partial charge in [-0.1, -0.05) is 6.07 Å². The number of carbonyl (C=O) groups excluding carboxylic acids is 1. The van der Waals surface area contributed by atoms with E-state index in [1.165, 1.54) is 0 Å². The van der Waals surface area contributed by atoms with Gasteiger partial charge >= 0.3 is 0 Å². The molecule has 0 atom stereocenters. The molecule has 0 bridgehead atoms. The van der Waals surface area contributed by atoms with E-state index < -0.39 is 0 Å². The highest BCUT2D eigenvalue weighted by Crippen LogP contribution is 2.42. The van der Waals surface area contributed by atoms with Crippen molar-refractivity contribution >= 4 is 11.6 Å². The van der Waals surface area contributed by atoms with Crippen molar-refractivity contribution in [1.82, 2.24) is 10.3 Å². The maximum atomic E-state index is 12.7. The number of aryl methyl sites for hydroxylation is 1. The van der Waals surface area contributed by atoms with Gasteiger partial charge in [-0.2, -0.15) is 0 Å². The third-order valence-electron chi connectivity index (χ3n) is 5.27. The highest BCUT2D eigenvalue weighted by Gasteiger charge is 2.27. The molecule has 5 heteroatoms. The lowest BCUT2D eigenvalue weighted by molar-refractivity contribution is 0.0947. The summed E-state index contributed by atoms with van der Waals surface area (Å²) < 4.78 is 0. The van der Waals surface area contributed by atoms with Gasteiger partial charge in [-0.25, -0.2) is 0 Å². The predicted molar refractivity (Wildman–Crippen MR) is 107 cm³/mol. The van der Waals surface area contributed by atoms with Crippen LogP contribution in [0.25, 0.3) is 22.3 Å². The molecule has 0 unspecified atom stereocenters. The molecule has 1 aromatic heterocycles. The van der Waals surface area contributed by atoms with E-state index in [4.69, 9.17) is 5.73 Å². The average Bonchev–Trinajstić information content (AvgIpc) is 2.67. The zero-order chi connectivity index (χ0) is 19.1. The van der Waals surface area contributed by atoms with Crippen LogP contribution in [0.15, 0.2) is 42.7 Å². The minimum Gasteiger partial charge on any atom is -0.508 e. The van der Waals surface area contributed by atoms with Crippen LogP contribution in [-0.2, 0) is 6.42 Å². The fourth-order valence-electron chi connectivity index (χ4n) is 3.90. The molecule has 3 aromatic rings. The highest BCUT2D eigenvalue weighted by molar-refractivity contribution is 6.07. The first-order valence-corrected chi connectivity index (χ1v) is 8.92. The van der Waals surface area contributed by atoms with Gasteiger partial charge in [0.2, 0.25) is 0 Å². The summed E-state index contributed by atoms with van der Waals surface area (Å²) in [7, 11) is 0. The lowest BCUT2D eigenvalue weighted by atomic mass is 9.84. The number of phenols is 1. The van der Waals surface area contributed by atoms with Gasteiger partial charge in [0.25, 0.3) is 5.91 Å². The monoisotopic (exact) mass is 359 g/mol. The smallest absolute Gasteiger partial charge is 0.253 e. The van der Waals surface area contributed by atoms with Crippen molar-refractivity contribution in [1.29, 1.82) is 0 Å². The average molecular weight is 359 g/mol. The van der Waals surface area contributed by atoms with E-state index in [0.29, 0.717) is 17.8 Å². The van der Waals surface area contributed by atoms with E-state index in [9.17, 15) is 9.90 Å². The van der Waals surface area contributed by atoms with Crippen LogP contribution < -0.4 is 11.1 Å². The summed E-state index contributed by atoms with van der Waals surface area (Å²) in [5, 5.41) is 13.1. The van der Waals surface area contributed by atoms with Gasteiger partial charge < -0.3 is 16.2 Å². The quantitative estimate of drug-likeness (QED) is 0.610. The zero-order valence-electron chi connectivity index (χ0n) is 15.3. The third kappa shape index (κ3) is 2.72. The summed E-state index contributed by atoms with van der Waals surface area (Å²) >= 11 is 0. The Morgan fingerprint density at radius 1 is 1.07 bits per heavy atom. The first kappa shape index (κ1) is 17.1. The molecule has 0 spiro atoms. The standard InChI is InChI=1S/C22H21N3O2/c1-12-3-4-18(26)13(2)19(12)17-11-16(14-5-8-24-9-6-14)15-7-10-25-22(27)20(15)21(17)23/h3-6,8-9,11,26H,7,10,23H2,1-2H3,(H,25,27). The number of carbonyl (C=O) groups is 1. The molecule has 4 N–H and O–H groups in total. The summed E-state index contributed by atoms with van der Waals surface area (Å²) in [5.41, 5.74) is 13.8. The molecule has 2 heterocycles. The van der Waals surface area contributed by atoms with Gasteiger partial charge in [-0.3, -0.25) is 9.78 Å². The molecule has 4 rings (SSSR count). The molecule has 0 fully saturated rings. The molecular formula is C22H21N3O2. The van der Waals surface area contributed by atoms with Gasteiger partial charge in [-0.05, 0) is 77.9 Å². The number of rotatable bonds is 2. The summed E-state index contributed by atoms with van der Waals surface area (Å²) in [6.07, 6.45) is 4.21. The number of phenolic OH excluding ortho intramolecular Hbond substituents is 1. The minimum atomic E-state index is -0.152. The number of fused-ring (bicyclic) bond motifs is 1. The Bertz CT molecular complexity index is 1060. The van der Waals surface area contributed by atoms with Crippen molar-refractivity contribution in [2.24, 2.45) is 0 Å². The number of aromatic hydroxyl groups is 1. The number of nitrogens with two attached hydrogens (primary N) is 1. The number of anilines is 1. The van der Waals surface area contributed by atoms with Crippen LogP contribution in [0, 0.1) is 13.8 Å². The fraction of sp³-hybridized carbons (Fsp3) is 0.182. The van der Waals surface area contributed by atoms with E-state index in [2.05, 4.69) is 10.3 Å². The molecule has 27 heavy (non-hydrogen) atoms. The number of aromatic nitrogens is 1. The number of nitrogens with zero attached hydrogens (tertiary/aromatic N) is 1. The maximum Gasteiger partial charge on any atom is 0.253 e. The molecule has 1 amide bonds. The largest absolute Gasteiger partial charge is 0.508 e. The van der Waals surface area contributed by atoms with Gasteiger partial charge in [0.15, 0.2) is 0 Å². The van der Waals surface area contributed by atoms with E-state index in [-0.39, 0.29) is 11.7 Å².